The van der Waals surface area contributed by atoms with E-state index in [-0.39, 0.29) is 37.1 Å². The number of carbonyl (C=O) groups is 1. The minimum Gasteiger partial charge on any atom is -0.397 e. The van der Waals surface area contributed by atoms with Gasteiger partial charge in [0, 0.05) is 31.5 Å². The molecule has 1 aromatic carbocycles. The van der Waals surface area contributed by atoms with Crippen LogP contribution in [0.15, 0.2) is 48.7 Å². The van der Waals surface area contributed by atoms with Gasteiger partial charge in [0.05, 0.1) is 18.3 Å². The van der Waals surface area contributed by atoms with Crippen molar-refractivity contribution in [3.8, 4) is 0 Å². The number of hydrogen-bond acceptors (Lipinski definition) is 4. The van der Waals surface area contributed by atoms with E-state index >= 15 is 0 Å². The first-order valence-corrected chi connectivity index (χ1v) is 6.88. The molecule has 1 aromatic heterocycles. The minimum atomic E-state index is -0.0336. The van der Waals surface area contributed by atoms with Gasteiger partial charge in [0.15, 0.2) is 0 Å². The first-order chi connectivity index (χ1) is 10.1. The second-order valence-electron chi connectivity index (χ2n) is 4.87. The highest BCUT2D eigenvalue weighted by Gasteiger charge is 2.05. The van der Waals surface area contributed by atoms with Crippen molar-refractivity contribution in [2.75, 3.05) is 30.8 Å². The van der Waals surface area contributed by atoms with Crippen molar-refractivity contribution < 1.29 is 4.79 Å². The zero-order chi connectivity index (χ0) is 15.1. The van der Waals surface area contributed by atoms with Gasteiger partial charge in [-0.2, -0.15) is 0 Å². The van der Waals surface area contributed by atoms with Gasteiger partial charge < -0.3 is 16.0 Å². The van der Waals surface area contributed by atoms with Crippen molar-refractivity contribution >= 4 is 42.1 Å². The maximum Gasteiger partial charge on any atom is 0.226 e. The Morgan fingerprint density at radius 2 is 1.87 bits per heavy atom. The Labute approximate surface area is 149 Å². The number of nitrogens with two attached hydrogens (primary N) is 1. The van der Waals surface area contributed by atoms with Gasteiger partial charge in [0.1, 0.15) is 0 Å². The SMILES string of the molecule is CN(CCNC(=O)Cc1ccc(N)cn1)c1ccccc1.Cl.Cl. The predicted molar refractivity (Wildman–Crippen MR) is 99.6 cm³/mol. The summed E-state index contributed by atoms with van der Waals surface area (Å²) in [6.45, 7) is 1.35. The molecule has 0 unspecified atom stereocenters. The van der Waals surface area contributed by atoms with E-state index in [9.17, 15) is 4.79 Å². The fourth-order valence-corrected chi connectivity index (χ4v) is 1.94. The zero-order valence-corrected chi connectivity index (χ0v) is 14.6. The van der Waals surface area contributed by atoms with E-state index in [4.69, 9.17) is 5.73 Å². The molecule has 3 N–H and O–H groups in total. The Kier molecular flexibility index (Phi) is 9.78. The van der Waals surface area contributed by atoms with Crippen molar-refractivity contribution in [3.05, 3.63) is 54.4 Å². The first-order valence-electron chi connectivity index (χ1n) is 6.88. The Bertz CT molecular complexity index is 578. The third-order valence-electron chi connectivity index (χ3n) is 3.16. The minimum absolute atomic E-state index is 0. The van der Waals surface area contributed by atoms with Gasteiger partial charge in [-0.1, -0.05) is 18.2 Å². The van der Waals surface area contributed by atoms with E-state index in [1.807, 2.05) is 37.4 Å². The quantitative estimate of drug-likeness (QED) is 0.832. The Morgan fingerprint density at radius 1 is 1.17 bits per heavy atom. The molecule has 0 saturated heterocycles. The van der Waals surface area contributed by atoms with Crippen LogP contribution in [0.3, 0.4) is 0 Å². The lowest BCUT2D eigenvalue weighted by Gasteiger charge is -2.19. The molecule has 0 saturated carbocycles. The number of nitrogens with one attached hydrogen (secondary N) is 1. The number of hydrogen-bond donors (Lipinski definition) is 2. The molecular formula is C16H22Cl2N4O. The highest BCUT2D eigenvalue weighted by atomic mass is 35.5. The van der Waals surface area contributed by atoms with Crippen LogP contribution in [0.25, 0.3) is 0 Å². The number of halogens is 2. The molecule has 1 amide bonds. The van der Waals surface area contributed by atoms with Crippen LogP contribution >= 0.6 is 24.8 Å². The smallest absolute Gasteiger partial charge is 0.226 e. The number of para-hydroxylation sites is 1. The number of pyridine rings is 1. The van der Waals surface area contributed by atoms with Crippen molar-refractivity contribution in [2.45, 2.75) is 6.42 Å². The highest BCUT2D eigenvalue weighted by molar-refractivity contribution is 5.85. The molecule has 7 heteroatoms. The number of nitrogen functional groups attached to an aromatic ring is 1. The number of benzene rings is 1. The molecule has 1 heterocycles. The van der Waals surface area contributed by atoms with E-state index in [2.05, 4.69) is 15.2 Å². The van der Waals surface area contributed by atoms with Crippen LogP contribution in [0.4, 0.5) is 11.4 Å². The number of aromatic nitrogens is 1. The van der Waals surface area contributed by atoms with Gasteiger partial charge in [-0.05, 0) is 24.3 Å². The normalized spacial score (nSPS) is 9.26. The second-order valence-corrected chi connectivity index (χ2v) is 4.87. The summed E-state index contributed by atoms with van der Waals surface area (Å²) in [7, 11) is 2.00. The molecule has 126 valence electrons. The lowest BCUT2D eigenvalue weighted by atomic mass is 10.2. The molecule has 0 aliphatic rings. The molecule has 0 bridgehead atoms. The summed E-state index contributed by atoms with van der Waals surface area (Å²) < 4.78 is 0. The average Bonchev–Trinajstić information content (AvgIpc) is 2.50. The number of amides is 1. The topological polar surface area (TPSA) is 71.2 Å². The summed E-state index contributed by atoms with van der Waals surface area (Å²) in [5.74, 6) is -0.0336. The van der Waals surface area contributed by atoms with Crippen LogP contribution in [0.1, 0.15) is 5.69 Å². The molecule has 0 aliphatic heterocycles. The van der Waals surface area contributed by atoms with Gasteiger partial charge in [-0.3, -0.25) is 9.78 Å². The van der Waals surface area contributed by atoms with Crippen LogP contribution in [-0.4, -0.2) is 31.0 Å². The number of likely N-dealkylation sites (N-methyl/N-ethyl adjacent to an activating group) is 1. The van der Waals surface area contributed by atoms with Crippen LogP contribution in [0.5, 0.6) is 0 Å². The first kappa shape index (κ1) is 21.0. The summed E-state index contributed by atoms with van der Waals surface area (Å²) in [6, 6.07) is 13.6. The molecule has 0 spiro atoms. The summed E-state index contributed by atoms with van der Waals surface area (Å²) >= 11 is 0. The zero-order valence-electron chi connectivity index (χ0n) is 12.9. The summed E-state index contributed by atoms with van der Waals surface area (Å²) in [4.78, 5) is 18.0. The summed E-state index contributed by atoms with van der Waals surface area (Å²) in [5, 5.41) is 2.89. The largest absolute Gasteiger partial charge is 0.397 e. The van der Waals surface area contributed by atoms with Crippen molar-refractivity contribution in [2.24, 2.45) is 0 Å². The lowest BCUT2D eigenvalue weighted by Crippen LogP contribution is -2.33. The van der Waals surface area contributed by atoms with Crippen LogP contribution in [0, 0.1) is 0 Å². The van der Waals surface area contributed by atoms with Gasteiger partial charge in [0.25, 0.3) is 0 Å². The van der Waals surface area contributed by atoms with Gasteiger partial charge in [-0.15, -0.1) is 24.8 Å². The fraction of sp³-hybridized carbons (Fsp3) is 0.250. The maximum atomic E-state index is 11.8. The molecule has 0 fully saturated rings. The van der Waals surface area contributed by atoms with E-state index in [0.717, 1.165) is 17.9 Å². The van der Waals surface area contributed by atoms with Crippen molar-refractivity contribution in [1.29, 1.82) is 0 Å². The molecule has 0 radical (unpaired) electrons. The van der Waals surface area contributed by atoms with E-state index in [0.29, 0.717) is 12.2 Å². The third-order valence-corrected chi connectivity index (χ3v) is 3.16. The molecule has 5 nitrogen and oxygen atoms in total. The number of carbonyl (C=O) groups excluding carboxylic acids is 1. The van der Waals surface area contributed by atoms with Gasteiger partial charge in [-0.25, -0.2) is 0 Å². The third kappa shape index (κ3) is 7.21. The molecule has 0 atom stereocenters. The van der Waals surface area contributed by atoms with Gasteiger partial charge >= 0.3 is 0 Å². The molecular weight excluding hydrogens is 335 g/mol. The van der Waals surface area contributed by atoms with E-state index in [1.54, 1.807) is 18.3 Å². The van der Waals surface area contributed by atoms with Crippen LogP contribution < -0.4 is 16.0 Å². The Balaban J connectivity index is 0.00000242. The fourth-order valence-electron chi connectivity index (χ4n) is 1.94. The lowest BCUT2D eigenvalue weighted by molar-refractivity contribution is -0.120. The van der Waals surface area contributed by atoms with Crippen molar-refractivity contribution in [3.63, 3.8) is 0 Å². The summed E-state index contributed by atoms with van der Waals surface area (Å²) in [5.41, 5.74) is 8.01. The number of anilines is 2. The number of nitrogens with zero attached hydrogens (tertiary/aromatic N) is 2. The molecule has 2 aromatic rings. The Hall–Kier alpha value is -1.98. The van der Waals surface area contributed by atoms with Crippen molar-refractivity contribution in [1.82, 2.24) is 10.3 Å². The van der Waals surface area contributed by atoms with E-state index in [1.165, 1.54) is 0 Å². The average molecular weight is 357 g/mol. The number of rotatable bonds is 6. The second kappa shape index (κ2) is 10.7. The van der Waals surface area contributed by atoms with Crippen LogP contribution in [-0.2, 0) is 11.2 Å². The monoisotopic (exact) mass is 356 g/mol. The van der Waals surface area contributed by atoms with E-state index < -0.39 is 0 Å². The molecule has 0 aliphatic carbocycles. The standard InChI is InChI=1S/C16H20N4O.2ClH/c1-20(15-5-3-2-4-6-15)10-9-18-16(21)11-14-8-7-13(17)12-19-14;;/h2-8,12H,9-11,17H2,1H3,(H,18,21);2*1H. The molecule has 2 rings (SSSR count). The Morgan fingerprint density at radius 3 is 2.48 bits per heavy atom. The highest BCUT2D eigenvalue weighted by Crippen LogP contribution is 2.09. The van der Waals surface area contributed by atoms with Crippen LogP contribution in [0.2, 0.25) is 0 Å². The molecule has 23 heavy (non-hydrogen) atoms. The summed E-state index contributed by atoms with van der Waals surface area (Å²) in [6.07, 6.45) is 1.83. The predicted octanol–water partition coefficient (Wildman–Crippen LogP) is 2.30. The maximum absolute atomic E-state index is 11.8. The van der Waals surface area contributed by atoms with Gasteiger partial charge in [0.2, 0.25) is 5.91 Å².